The second kappa shape index (κ2) is 5.46. The summed E-state index contributed by atoms with van der Waals surface area (Å²) in [6, 6.07) is 5.64. The molecule has 4 nitrogen and oxygen atoms in total. The molecule has 0 saturated carbocycles. The molecule has 6 heteroatoms. The number of hydrogen-bond acceptors (Lipinski definition) is 5. The van der Waals surface area contributed by atoms with E-state index < -0.39 is 0 Å². The molecule has 0 aliphatic heterocycles. The van der Waals surface area contributed by atoms with Crippen LogP contribution in [0.15, 0.2) is 18.2 Å². The van der Waals surface area contributed by atoms with Crippen LogP contribution in [0.5, 0.6) is 11.5 Å². The second-order valence-corrected chi connectivity index (χ2v) is 5.26. The van der Waals surface area contributed by atoms with Crippen molar-refractivity contribution in [1.29, 1.82) is 0 Å². The number of nitrogen functional groups attached to an aromatic ring is 1. The van der Waals surface area contributed by atoms with Crippen LogP contribution in [0.3, 0.4) is 0 Å². The summed E-state index contributed by atoms with van der Waals surface area (Å²) in [5.41, 5.74) is 7.38. The van der Waals surface area contributed by atoms with Crippen LogP contribution in [0, 0.1) is 0 Å². The van der Waals surface area contributed by atoms with Crippen LogP contribution in [0.25, 0.3) is 0 Å². The molecular weight excluding hydrogens is 272 g/mol. The minimum Gasteiger partial charge on any atom is -0.497 e. The lowest BCUT2D eigenvalue weighted by molar-refractivity contribution is 0.391. The molecule has 0 spiro atoms. The van der Waals surface area contributed by atoms with Gasteiger partial charge in [0.1, 0.15) is 15.8 Å². The number of thiazole rings is 1. The lowest BCUT2D eigenvalue weighted by Crippen LogP contribution is -1.96. The number of halogens is 1. The maximum absolute atomic E-state index is 6.06. The normalized spacial score (nSPS) is 10.4. The highest BCUT2D eigenvalue weighted by Gasteiger charge is 2.12. The third kappa shape index (κ3) is 2.68. The number of ether oxygens (including phenoxy) is 2. The van der Waals surface area contributed by atoms with E-state index in [4.69, 9.17) is 26.8 Å². The molecule has 0 aliphatic carbocycles. The van der Waals surface area contributed by atoms with Crippen molar-refractivity contribution in [2.45, 2.75) is 6.42 Å². The van der Waals surface area contributed by atoms with Crippen LogP contribution in [0.4, 0.5) is 5.13 Å². The van der Waals surface area contributed by atoms with E-state index in [-0.39, 0.29) is 0 Å². The Morgan fingerprint density at radius 1 is 1.33 bits per heavy atom. The first-order chi connectivity index (χ1) is 8.63. The largest absolute Gasteiger partial charge is 0.497 e. The van der Waals surface area contributed by atoms with Crippen LogP contribution >= 0.6 is 22.9 Å². The molecule has 2 N–H and O–H groups in total. The Morgan fingerprint density at radius 3 is 2.67 bits per heavy atom. The summed E-state index contributed by atoms with van der Waals surface area (Å²) >= 11 is 7.34. The van der Waals surface area contributed by atoms with Crippen molar-refractivity contribution in [3.05, 3.63) is 33.8 Å². The molecule has 0 radical (unpaired) electrons. The van der Waals surface area contributed by atoms with E-state index in [2.05, 4.69) is 4.98 Å². The van der Waals surface area contributed by atoms with Crippen LogP contribution in [0.1, 0.15) is 11.3 Å². The third-order valence-electron chi connectivity index (χ3n) is 2.52. The van der Waals surface area contributed by atoms with E-state index in [0.717, 1.165) is 22.8 Å². The Labute approximate surface area is 114 Å². The summed E-state index contributed by atoms with van der Waals surface area (Å²) in [6.45, 7) is 0. The first kappa shape index (κ1) is 13.0. The van der Waals surface area contributed by atoms with Crippen molar-refractivity contribution >= 4 is 28.1 Å². The quantitative estimate of drug-likeness (QED) is 0.938. The molecule has 1 aromatic carbocycles. The van der Waals surface area contributed by atoms with E-state index in [1.54, 1.807) is 14.2 Å². The lowest BCUT2D eigenvalue weighted by atomic mass is 10.1. The fourth-order valence-corrected chi connectivity index (χ4v) is 2.56. The summed E-state index contributed by atoms with van der Waals surface area (Å²) in [5, 5.41) is 0.475. The molecule has 1 aromatic heterocycles. The molecule has 0 amide bonds. The van der Waals surface area contributed by atoms with E-state index in [9.17, 15) is 0 Å². The number of methoxy groups -OCH3 is 2. The van der Waals surface area contributed by atoms with Gasteiger partial charge in [0.2, 0.25) is 0 Å². The van der Waals surface area contributed by atoms with Gasteiger partial charge < -0.3 is 15.2 Å². The van der Waals surface area contributed by atoms with E-state index in [1.165, 1.54) is 11.3 Å². The predicted molar refractivity (Wildman–Crippen MR) is 73.9 cm³/mol. The van der Waals surface area contributed by atoms with Crippen molar-refractivity contribution < 1.29 is 9.47 Å². The average Bonchev–Trinajstić information content (AvgIpc) is 2.68. The van der Waals surface area contributed by atoms with E-state index >= 15 is 0 Å². The number of benzene rings is 1. The first-order valence-electron chi connectivity index (χ1n) is 5.25. The Hall–Kier alpha value is -1.46. The summed E-state index contributed by atoms with van der Waals surface area (Å²) in [7, 11) is 3.24. The molecule has 0 unspecified atom stereocenters. The van der Waals surface area contributed by atoms with Gasteiger partial charge in [-0.25, -0.2) is 4.98 Å². The molecule has 0 fully saturated rings. The zero-order valence-corrected chi connectivity index (χ0v) is 11.6. The van der Waals surface area contributed by atoms with Crippen LogP contribution in [-0.4, -0.2) is 19.2 Å². The van der Waals surface area contributed by atoms with Crippen LogP contribution in [0.2, 0.25) is 4.34 Å². The molecule has 18 heavy (non-hydrogen) atoms. The molecule has 2 rings (SSSR count). The van der Waals surface area contributed by atoms with Gasteiger partial charge in [-0.3, -0.25) is 0 Å². The smallest absolute Gasteiger partial charge is 0.181 e. The first-order valence-corrected chi connectivity index (χ1v) is 6.45. The van der Waals surface area contributed by atoms with Gasteiger partial charge in [0, 0.05) is 18.1 Å². The van der Waals surface area contributed by atoms with Crippen molar-refractivity contribution in [3.63, 3.8) is 0 Å². The summed E-state index contributed by atoms with van der Waals surface area (Å²) < 4.78 is 11.1. The minimum absolute atomic E-state index is 0.475. The molecule has 2 aromatic rings. The van der Waals surface area contributed by atoms with Gasteiger partial charge in [-0.05, 0) is 6.07 Å². The van der Waals surface area contributed by atoms with Gasteiger partial charge in [-0.1, -0.05) is 29.0 Å². The summed E-state index contributed by atoms with van der Waals surface area (Å²) in [4.78, 5) is 4.20. The zero-order valence-electron chi connectivity index (χ0n) is 10.1. The Bertz CT molecular complexity index is 557. The Kier molecular flexibility index (Phi) is 3.93. The number of anilines is 1. The van der Waals surface area contributed by atoms with Gasteiger partial charge in [-0.15, -0.1) is 0 Å². The monoisotopic (exact) mass is 284 g/mol. The SMILES string of the molecule is COc1ccc(Cc2nc(N)sc2Cl)c(OC)c1. The topological polar surface area (TPSA) is 57.4 Å². The Balaban J connectivity index is 2.31. The Morgan fingerprint density at radius 2 is 2.11 bits per heavy atom. The predicted octanol–water partition coefficient (Wildman–Crippen LogP) is 2.99. The minimum atomic E-state index is 0.475. The standard InChI is InChI=1S/C12H13ClN2O2S/c1-16-8-4-3-7(10(6-8)17-2)5-9-11(13)18-12(14)15-9/h3-4,6H,5H2,1-2H3,(H2,14,15). The molecule has 0 bridgehead atoms. The number of nitrogens with zero attached hydrogens (tertiary/aromatic N) is 1. The van der Waals surface area contributed by atoms with Gasteiger partial charge in [0.05, 0.1) is 19.9 Å². The molecule has 0 atom stereocenters. The van der Waals surface area contributed by atoms with Crippen molar-refractivity contribution in [2.24, 2.45) is 0 Å². The highest BCUT2D eigenvalue weighted by molar-refractivity contribution is 7.19. The van der Waals surface area contributed by atoms with E-state index in [0.29, 0.717) is 15.9 Å². The highest BCUT2D eigenvalue weighted by atomic mass is 35.5. The van der Waals surface area contributed by atoms with E-state index in [1.807, 2.05) is 18.2 Å². The molecule has 0 saturated heterocycles. The van der Waals surface area contributed by atoms with Crippen LogP contribution < -0.4 is 15.2 Å². The average molecular weight is 285 g/mol. The van der Waals surface area contributed by atoms with Crippen LogP contribution in [-0.2, 0) is 6.42 Å². The molecular formula is C12H13ClN2O2S. The lowest BCUT2D eigenvalue weighted by Gasteiger charge is -2.09. The third-order valence-corrected chi connectivity index (χ3v) is 3.68. The van der Waals surface area contributed by atoms with Crippen molar-refractivity contribution in [2.75, 3.05) is 20.0 Å². The maximum atomic E-state index is 6.06. The van der Waals surface area contributed by atoms with Gasteiger partial charge >= 0.3 is 0 Å². The second-order valence-electron chi connectivity index (χ2n) is 3.63. The number of hydrogen-bond donors (Lipinski definition) is 1. The molecule has 1 heterocycles. The zero-order chi connectivity index (χ0) is 13.1. The number of rotatable bonds is 4. The van der Waals surface area contributed by atoms with Crippen molar-refractivity contribution in [3.8, 4) is 11.5 Å². The van der Waals surface area contributed by atoms with Crippen molar-refractivity contribution in [1.82, 2.24) is 4.98 Å². The molecule has 96 valence electrons. The maximum Gasteiger partial charge on any atom is 0.181 e. The number of aromatic nitrogens is 1. The fourth-order valence-electron chi connectivity index (χ4n) is 1.64. The highest BCUT2D eigenvalue weighted by Crippen LogP contribution is 2.31. The van der Waals surface area contributed by atoms with Gasteiger partial charge in [-0.2, -0.15) is 0 Å². The summed E-state index contributed by atoms with van der Waals surface area (Å²) in [5.74, 6) is 1.50. The number of nitrogens with two attached hydrogens (primary N) is 1. The fraction of sp³-hybridized carbons (Fsp3) is 0.250. The van der Waals surface area contributed by atoms with Gasteiger partial charge in [0.25, 0.3) is 0 Å². The summed E-state index contributed by atoms with van der Waals surface area (Å²) in [6.07, 6.45) is 0.583. The molecule has 0 aliphatic rings. The van der Waals surface area contributed by atoms with Gasteiger partial charge in [0.15, 0.2) is 5.13 Å².